The molecule has 1 aromatic heterocycles. The molecule has 1 aliphatic rings. The van der Waals surface area contributed by atoms with Crippen LogP contribution in [0.3, 0.4) is 0 Å². The summed E-state index contributed by atoms with van der Waals surface area (Å²) in [5.74, 6) is -0.0750. The first-order chi connectivity index (χ1) is 10.2. The molecular weight excluding hydrogens is 266 g/mol. The summed E-state index contributed by atoms with van der Waals surface area (Å²) in [5, 5.41) is 7.61. The van der Waals surface area contributed by atoms with Gasteiger partial charge in [-0.15, -0.1) is 0 Å². The van der Waals surface area contributed by atoms with Gasteiger partial charge in [-0.3, -0.25) is 9.59 Å². The molecule has 1 aliphatic heterocycles. The van der Waals surface area contributed by atoms with Crippen molar-refractivity contribution in [3.8, 4) is 0 Å². The number of benzene rings is 1. The number of aromatic nitrogens is 2. The van der Waals surface area contributed by atoms with E-state index in [1.165, 1.54) is 6.42 Å². The van der Waals surface area contributed by atoms with Crippen molar-refractivity contribution in [2.24, 2.45) is 0 Å². The Hall–Kier alpha value is -2.17. The molecule has 0 bridgehead atoms. The number of piperidine rings is 1. The average molecular weight is 285 g/mol. The zero-order valence-electron chi connectivity index (χ0n) is 12.1. The molecule has 1 fully saturated rings. The predicted octanol–water partition coefficient (Wildman–Crippen LogP) is 2.33. The Morgan fingerprint density at radius 2 is 2.10 bits per heavy atom. The van der Waals surface area contributed by atoms with Crippen LogP contribution in [0.2, 0.25) is 0 Å². The molecule has 1 amide bonds. The fourth-order valence-corrected chi connectivity index (χ4v) is 3.11. The van der Waals surface area contributed by atoms with Gasteiger partial charge >= 0.3 is 0 Å². The molecule has 2 heterocycles. The van der Waals surface area contributed by atoms with E-state index in [0.717, 1.165) is 25.8 Å². The minimum Gasteiger partial charge on any atom is -0.334 e. The number of nitrogens with one attached hydrogen (secondary N) is 1. The van der Waals surface area contributed by atoms with Crippen molar-refractivity contribution in [1.82, 2.24) is 15.1 Å². The number of hydrogen-bond donors (Lipinski definition) is 1. The highest BCUT2D eigenvalue weighted by atomic mass is 16.2. The van der Waals surface area contributed by atoms with Crippen LogP contribution in [0.1, 0.15) is 43.1 Å². The van der Waals surface area contributed by atoms with Crippen molar-refractivity contribution in [2.75, 3.05) is 6.54 Å². The lowest BCUT2D eigenvalue weighted by molar-refractivity contribution is 0.0603. The smallest absolute Gasteiger partial charge is 0.275 e. The largest absolute Gasteiger partial charge is 0.334 e. The second kappa shape index (κ2) is 5.68. The van der Waals surface area contributed by atoms with Gasteiger partial charge in [-0.05, 0) is 31.7 Å². The highest BCUT2D eigenvalue weighted by Crippen LogP contribution is 2.23. The second-order valence-electron chi connectivity index (χ2n) is 5.50. The quantitative estimate of drug-likeness (QED) is 0.921. The predicted molar refractivity (Wildman–Crippen MR) is 81.3 cm³/mol. The molecule has 3 rings (SSSR count). The Balaban J connectivity index is 2.05. The van der Waals surface area contributed by atoms with Gasteiger partial charge in [-0.2, -0.15) is 5.10 Å². The maximum Gasteiger partial charge on any atom is 0.275 e. The average Bonchev–Trinajstić information content (AvgIpc) is 2.55. The standard InChI is InChI=1S/C16H19N3O2/c1-2-11-7-5-6-10-19(11)16(21)14-12-8-3-4-9-13(12)15(20)18-17-14/h3-4,8-9,11H,2,5-7,10H2,1H3,(H,18,20)/t11-/m0/s1. The number of fused-ring (bicyclic) bond motifs is 1. The normalized spacial score (nSPS) is 18.9. The van der Waals surface area contributed by atoms with E-state index in [0.29, 0.717) is 16.5 Å². The number of hydrogen-bond acceptors (Lipinski definition) is 3. The lowest BCUT2D eigenvalue weighted by Gasteiger charge is -2.35. The molecule has 0 unspecified atom stereocenters. The van der Waals surface area contributed by atoms with Crippen molar-refractivity contribution in [3.05, 3.63) is 40.3 Å². The maximum atomic E-state index is 12.8. The van der Waals surface area contributed by atoms with Crippen LogP contribution in [-0.2, 0) is 0 Å². The van der Waals surface area contributed by atoms with Gasteiger partial charge in [0.05, 0.1) is 5.39 Å². The Bertz CT molecular complexity index is 723. The van der Waals surface area contributed by atoms with E-state index in [4.69, 9.17) is 0 Å². The van der Waals surface area contributed by atoms with Gasteiger partial charge in [0, 0.05) is 18.0 Å². The molecule has 1 N–H and O–H groups in total. The summed E-state index contributed by atoms with van der Waals surface area (Å²) in [6.07, 6.45) is 4.20. The van der Waals surface area contributed by atoms with Crippen LogP contribution in [0.4, 0.5) is 0 Å². The van der Waals surface area contributed by atoms with Gasteiger partial charge in [-0.25, -0.2) is 5.10 Å². The van der Waals surface area contributed by atoms with E-state index >= 15 is 0 Å². The minimum atomic E-state index is -0.257. The highest BCUT2D eigenvalue weighted by Gasteiger charge is 2.28. The van der Waals surface area contributed by atoms with Gasteiger partial charge in [-0.1, -0.05) is 25.1 Å². The third-order valence-corrected chi connectivity index (χ3v) is 4.26. The van der Waals surface area contributed by atoms with Crippen molar-refractivity contribution >= 4 is 16.7 Å². The van der Waals surface area contributed by atoms with E-state index in [9.17, 15) is 9.59 Å². The first-order valence-electron chi connectivity index (χ1n) is 7.50. The number of amides is 1. The third kappa shape index (κ3) is 2.44. The zero-order valence-corrected chi connectivity index (χ0v) is 12.1. The number of likely N-dealkylation sites (tertiary alicyclic amines) is 1. The number of H-pyrrole nitrogens is 1. The number of carbonyl (C=O) groups excluding carboxylic acids is 1. The SMILES string of the molecule is CC[C@H]1CCCCN1C(=O)c1n[nH]c(=O)c2ccccc12. The zero-order chi connectivity index (χ0) is 14.8. The van der Waals surface area contributed by atoms with Crippen LogP contribution in [0.25, 0.3) is 10.8 Å². The van der Waals surface area contributed by atoms with E-state index in [-0.39, 0.29) is 17.5 Å². The van der Waals surface area contributed by atoms with Crippen molar-refractivity contribution < 1.29 is 4.79 Å². The summed E-state index contributed by atoms with van der Waals surface area (Å²) < 4.78 is 0. The first-order valence-corrected chi connectivity index (χ1v) is 7.50. The first kappa shape index (κ1) is 13.8. The molecule has 1 atom stereocenters. The van der Waals surface area contributed by atoms with Gasteiger partial charge in [0.25, 0.3) is 11.5 Å². The topological polar surface area (TPSA) is 66.1 Å². The minimum absolute atomic E-state index is 0.0750. The molecule has 5 heteroatoms. The molecular formula is C16H19N3O2. The second-order valence-corrected chi connectivity index (χ2v) is 5.50. The third-order valence-electron chi connectivity index (χ3n) is 4.26. The lowest BCUT2D eigenvalue weighted by Crippen LogP contribution is -2.44. The molecule has 0 aliphatic carbocycles. The summed E-state index contributed by atoms with van der Waals surface area (Å²) in [6.45, 7) is 2.88. The Labute approximate surface area is 123 Å². The summed E-state index contributed by atoms with van der Waals surface area (Å²) in [4.78, 5) is 26.6. The molecule has 5 nitrogen and oxygen atoms in total. The Kier molecular flexibility index (Phi) is 3.73. The number of carbonyl (C=O) groups is 1. The molecule has 0 spiro atoms. The van der Waals surface area contributed by atoms with Crippen LogP contribution in [0.5, 0.6) is 0 Å². The fourth-order valence-electron chi connectivity index (χ4n) is 3.11. The van der Waals surface area contributed by atoms with Crippen LogP contribution >= 0.6 is 0 Å². The van der Waals surface area contributed by atoms with E-state index in [2.05, 4.69) is 17.1 Å². The van der Waals surface area contributed by atoms with Crippen molar-refractivity contribution in [2.45, 2.75) is 38.6 Å². The monoisotopic (exact) mass is 285 g/mol. The van der Waals surface area contributed by atoms with Gasteiger partial charge < -0.3 is 4.90 Å². The maximum absolute atomic E-state index is 12.8. The summed E-state index contributed by atoms with van der Waals surface area (Å²) in [5.41, 5.74) is 0.0957. The summed E-state index contributed by atoms with van der Waals surface area (Å²) in [7, 11) is 0. The van der Waals surface area contributed by atoms with Crippen molar-refractivity contribution in [1.29, 1.82) is 0 Å². The molecule has 1 aromatic carbocycles. The van der Waals surface area contributed by atoms with Gasteiger partial charge in [0.1, 0.15) is 0 Å². The number of aromatic amines is 1. The van der Waals surface area contributed by atoms with Gasteiger partial charge in [0.15, 0.2) is 5.69 Å². The van der Waals surface area contributed by atoms with E-state index in [1.54, 1.807) is 18.2 Å². The summed E-state index contributed by atoms with van der Waals surface area (Å²) >= 11 is 0. The van der Waals surface area contributed by atoms with Crippen molar-refractivity contribution in [3.63, 3.8) is 0 Å². The van der Waals surface area contributed by atoms with Gasteiger partial charge in [0.2, 0.25) is 0 Å². The lowest BCUT2D eigenvalue weighted by atomic mass is 9.99. The number of nitrogens with zero attached hydrogens (tertiary/aromatic N) is 2. The highest BCUT2D eigenvalue weighted by molar-refractivity contribution is 6.04. The van der Waals surface area contributed by atoms with E-state index < -0.39 is 0 Å². The molecule has 2 aromatic rings. The Morgan fingerprint density at radius 3 is 2.86 bits per heavy atom. The Morgan fingerprint density at radius 1 is 1.33 bits per heavy atom. The summed E-state index contributed by atoms with van der Waals surface area (Å²) in [6, 6.07) is 7.41. The van der Waals surface area contributed by atoms with Crippen LogP contribution < -0.4 is 5.56 Å². The molecule has 0 saturated carbocycles. The number of rotatable bonds is 2. The molecule has 1 saturated heterocycles. The van der Waals surface area contributed by atoms with E-state index in [1.807, 2.05) is 11.0 Å². The van der Waals surface area contributed by atoms with Crippen LogP contribution in [-0.4, -0.2) is 33.6 Å². The fraction of sp³-hybridized carbons (Fsp3) is 0.438. The molecule has 110 valence electrons. The molecule has 21 heavy (non-hydrogen) atoms. The van der Waals surface area contributed by atoms with Crippen LogP contribution in [0.15, 0.2) is 29.1 Å². The van der Waals surface area contributed by atoms with Crippen LogP contribution in [0, 0.1) is 0 Å². The molecule has 0 radical (unpaired) electrons.